The Labute approximate surface area is 192 Å². The molecule has 0 unspecified atom stereocenters. The number of hydrogen-bond donors (Lipinski definition) is 1. The summed E-state index contributed by atoms with van der Waals surface area (Å²) in [6.07, 6.45) is 3.82. The molecule has 5 nitrogen and oxygen atoms in total. The van der Waals surface area contributed by atoms with Crippen LogP contribution in [0.2, 0.25) is 0 Å². The summed E-state index contributed by atoms with van der Waals surface area (Å²) in [6.45, 7) is 5.08. The van der Waals surface area contributed by atoms with Gasteiger partial charge in [0, 0.05) is 43.0 Å². The van der Waals surface area contributed by atoms with Crippen molar-refractivity contribution in [1.82, 2.24) is 19.7 Å². The van der Waals surface area contributed by atoms with Crippen LogP contribution in [-0.2, 0) is 0 Å². The first-order valence-corrected chi connectivity index (χ1v) is 11.3. The molecule has 0 amide bonds. The molecule has 1 aliphatic heterocycles. The average molecular weight is 451 g/mol. The van der Waals surface area contributed by atoms with Crippen LogP contribution in [0.1, 0.15) is 29.0 Å². The summed E-state index contributed by atoms with van der Waals surface area (Å²) in [7, 11) is 0. The number of H-pyrrole nitrogens is 1. The van der Waals surface area contributed by atoms with Crippen LogP contribution in [0.15, 0.2) is 61.1 Å². The number of fused-ring (bicyclic) bond motifs is 1. The van der Waals surface area contributed by atoms with E-state index in [4.69, 9.17) is 4.74 Å². The molecule has 1 fully saturated rings. The van der Waals surface area contributed by atoms with E-state index in [1.165, 1.54) is 5.56 Å². The Hall–Kier alpha value is -3.19. The van der Waals surface area contributed by atoms with Crippen molar-refractivity contribution in [2.24, 2.45) is 0 Å². The molecule has 5 rings (SSSR count). The normalized spacial score (nSPS) is 19.4. The van der Waals surface area contributed by atoms with E-state index < -0.39 is 6.43 Å². The number of nitrogens with zero attached hydrogens (tertiary/aromatic N) is 3. The molecule has 0 aliphatic carbocycles. The number of aromatic amines is 1. The van der Waals surface area contributed by atoms with E-state index in [1.54, 1.807) is 10.9 Å². The van der Waals surface area contributed by atoms with E-state index in [0.717, 1.165) is 33.5 Å². The zero-order valence-corrected chi connectivity index (χ0v) is 18.8. The zero-order chi connectivity index (χ0) is 22.9. The van der Waals surface area contributed by atoms with Crippen LogP contribution in [0.5, 0.6) is 5.75 Å². The molecule has 2 aromatic carbocycles. The number of alkyl halides is 2. The van der Waals surface area contributed by atoms with Crippen LogP contribution in [0.3, 0.4) is 0 Å². The number of halogens is 2. The highest BCUT2D eigenvalue weighted by molar-refractivity contribution is 5.89. The zero-order valence-electron chi connectivity index (χ0n) is 18.8. The summed E-state index contributed by atoms with van der Waals surface area (Å²) in [5.41, 5.74) is 5.39. The number of piperidine rings is 1. The van der Waals surface area contributed by atoms with Crippen molar-refractivity contribution >= 4 is 10.9 Å². The SMILES string of the molecule is Cc1cc(C)c2[nH]ccc2c1O[C@@H]1CCN(CC(F)F)C[C@H]1c1ccc(-n2cccn2)cc1. The molecule has 1 aliphatic rings. The number of likely N-dealkylation sites (tertiary alicyclic amines) is 1. The van der Waals surface area contributed by atoms with Gasteiger partial charge < -0.3 is 9.72 Å². The second-order valence-electron chi connectivity index (χ2n) is 8.85. The third-order valence-electron chi connectivity index (χ3n) is 6.57. The van der Waals surface area contributed by atoms with Crippen LogP contribution < -0.4 is 4.74 Å². The van der Waals surface area contributed by atoms with Gasteiger partial charge in [0.25, 0.3) is 6.43 Å². The summed E-state index contributed by atoms with van der Waals surface area (Å²) in [5.74, 6) is 0.862. The number of ether oxygens (including phenoxy) is 1. The molecule has 1 N–H and O–H groups in total. The van der Waals surface area contributed by atoms with E-state index >= 15 is 0 Å². The van der Waals surface area contributed by atoms with Crippen molar-refractivity contribution in [3.63, 3.8) is 0 Å². The highest BCUT2D eigenvalue weighted by Gasteiger charge is 2.33. The summed E-state index contributed by atoms with van der Waals surface area (Å²) >= 11 is 0. The minimum absolute atomic E-state index is 0.0149. The van der Waals surface area contributed by atoms with Crippen LogP contribution in [-0.4, -0.2) is 51.8 Å². The van der Waals surface area contributed by atoms with E-state index in [1.807, 2.05) is 41.6 Å². The summed E-state index contributed by atoms with van der Waals surface area (Å²) < 4.78 is 34.8. The maximum Gasteiger partial charge on any atom is 0.251 e. The first-order chi connectivity index (χ1) is 16.0. The predicted octanol–water partition coefficient (Wildman–Crippen LogP) is 5.47. The molecule has 0 radical (unpaired) electrons. The summed E-state index contributed by atoms with van der Waals surface area (Å²) in [4.78, 5) is 5.16. The number of rotatable bonds is 6. The monoisotopic (exact) mass is 450 g/mol. The fourth-order valence-corrected chi connectivity index (χ4v) is 4.98. The van der Waals surface area contributed by atoms with Crippen molar-refractivity contribution in [3.05, 3.63) is 77.7 Å². The van der Waals surface area contributed by atoms with Crippen molar-refractivity contribution in [2.75, 3.05) is 19.6 Å². The van der Waals surface area contributed by atoms with Crippen molar-refractivity contribution < 1.29 is 13.5 Å². The van der Waals surface area contributed by atoms with Gasteiger partial charge in [0.05, 0.1) is 17.7 Å². The van der Waals surface area contributed by atoms with Gasteiger partial charge in [-0.15, -0.1) is 0 Å². The lowest BCUT2D eigenvalue weighted by atomic mass is 9.87. The maximum absolute atomic E-state index is 13.1. The molecule has 0 spiro atoms. The second kappa shape index (κ2) is 8.98. The number of benzene rings is 2. The topological polar surface area (TPSA) is 46.1 Å². The maximum atomic E-state index is 13.1. The van der Waals surface area contributed by atoms with Gasteiger partial charge in [0.2, 0.25) is 0 Å². The Morgan fingerprint density at radius 1 is 1.15 bits per heavy atom. The Balaban J connectivity index is 1.46. The Morgan fingerprint density at radius 2 is 1.97 bits per heavy atom. The van der Waals surface area contributed by atoms with Gasteiger partial charge >= 0.3 is 0 Å². The molecule has 0 bridgehead atoms. The number of nitrogens with one attached hydrogen (secondary N) is 1. The lowest BCUT2D eigenvalue weighted by Gasteiger charge is -2.39. The quantitative estimate of drug-likeness (QED) is 0.424. The summed E-state index contributed by atoms with van der Waals surface area (Å²) in [6, 6.07) is 14.2. The lowest BCUT2D eigenvalue weighted by Crippen LogP contribution is -2.45. The molecule has 7 heteroatoms. The molecule has 0 saturated carbocycles. The Kier molecular flexibility index (Phi) is 5.89. The fourth-order valence-electron chi connectivity index (χ4n) is 4.98. The molecule has 4 aromatic rings. The Morgan fingerprint density at radius 3 is 2.70 bits per heavy atom. The van der Waals surface area contributed by atoms with E-state index in [9.17, 15) is 8.78 Å². The molecule has 1 saturated heterocycles. The molecular formula is C26H28F2N4O. The molecule has 2 atom stereocenters. The van der Waals surface area contributed by atoms with Crippen molar-refractivity contribution in [3.8, 4) is 11.4 Å². The van der Waals surface area contributed by atoms with E-state index in [-0.39, 0.29) is 18.6 Å². The number of aryl methyl sites for hydroxylation is 2. The van der Waals surface area contributed by atoms with Gasteiger partial charge in [-0.3, -0.25) is 4.90 Å². The van der Waals surface area contributed by atoms with Gasteiger partial charge in [-0.25, -0.2) is 13.5 Å². The van der Waals surface area contributed by atoms with Crippen LogP contribution in [0, 0.1) is 13.8 Å². The largest absolute Gasteiger partial charge is 0.489 e. The smallest absolute Gasteiger partial charge is 0.251 e. The molecular weight excluding hydrogens is 422 g/mol. The van der Waals surface area contributed by atoms with Gasteiger partial charge in [-0.05, 0) is 61.2 Å². The molecule has 3 heterocycles. The number of aromatic nitrogens is 3. The van der Waals surface area contributed by atoms with Gasteiger partial charge in [0.1, 0.15) is 11.9 Å². The minimum atomic E-state index is -2.34. The van der Waals surface area contributed by atoms with Gasteiger partial charge in [-0.1, -0.05) is 18.2 Å². The van der Waals surface area contributed by atoms with Crippen molar-refractivity contribution in [2.45, 2.75) is 38.7 Å². The van der Waals surface area contributed by atoms with Gasteiger partial charge in [0.15, 0.2) is 0 Å². The highest BCUT2D eigenvalue weighted by atomic mass is 19.3. The van der Waals surface area contributed by atoms with Crippen molar-refractivity contribution in [1.29, 1.82) is 0 Å². The van der Waals surface area contributed by atoms with Crippen LogP contribution in [0.4, 0.5) is 8.78 Å². The predicted molar refractivity (Wildman–Crippen MR) is 126 cm³/mol. The summed E-state index contributed by atoms with van der Waals surface area (Å²) in [5, 5.41) is 5.35. The molecule has 2 aromatic heterocycles. The second-order valence-corrected chi connectivity index (χ2v) is 8.85. The van der Waals surface area contributed by atoms with E-state index in [0.29, 0.717) is 19.5 Å². The third kappa shape index (κ3) is 4.37. The number of hydrogen-bond acceptors (Lipinski definition) is 3. The van der Waals surface area contributed by atoms with E-state index in [2.05, 4.69) is 42.1 Å². The van der Waals surface area contributed by atoms with Crippen LogP contribution in [0.25, 0.3) is 16.6 Å². The van der Waals surface area contributed by atoms with Crippen LogP contribution >= 0.6 is 0 Å². The molecule has 172 valence electrons. The lowest BCUT2D eigenvalue weighted by molar-refractivity contribution is 0.0354. The standard InChI is InChI=1S/C26H28F2N4O/c1-17-14-18(2)26(21-8-11-29-25(17)21)33-23-9-13-31(16-24(27)28)15-22(23)19-4-6-20(7-5-19)32-12-3-10-30-32/h3-8,10-12,14,22-24,29H,9,13,15-16H2,1-2H3/t22-,23+/m0/s1. The fraction of sp³-hybridized carbons (Fsp3) is 0.346. The van der Waals surface area contributed by atoms with Gasteiger partial charge in [-0.2, -0.15) is 5.10 Å². The highest BCUT2D eigenvalue weighted by Crippen LogP contribution is 2.37. The average Bonchev–Trinajstić information content (AvgIpc) is 3.50. The minimum Gasteiger partial charge on any atom is -0.489 e. The Bertz CT molecular complexity index is 1220. The first kappa shape index (κ1) is 21.6. The first-order valence-electron chi connectivity index (χ1n) is 11.3. The third-order valence-corrected chi connectivity index (χ3v) is 6.57. The molecule has 33 heavy (non-hydrogen) atoms.